The normalized spacial score (nSPS) is 11.3. The molecule has 80 valence electrons. The Morgan fingerprint density at radius 2 is 2.07 bits per heavy atom. The zero-order valence-corrected chi connectivity index (χ0v) is 9.25. The molecule has 1 rings (SSSR count). The number of benzene rings is 1. The summed E-state index contributed by atoms with van der Waals surface area (Å²) < 4.78 is 23.3. The Kier molecular flexibility index (Phi) is 3.42. The van der Waals surface area contributed by atoms with E-state index >= 15 is 0 Å². The zero-order valence-electron chi connectivity index (χ0n) is 8.43. The molecule has 15 heavy (non-hydrogen) atoms. The first kappa shape index (κ1) is 11.7. The first-order valence-corrected chi connectivity index (χ1v) is 5.64. The summed E-state index contributed by atoms with van der Waals surface area (Å²) in [5.74, 6) is 0. The second-order valence-electron chi connectivity index (χ2n) is 3.13. The van der Waals surface area contributed by atoms with E-state index in [2.05, 4.69) is 4.83 Å². The summed E-state index contributed by atoms with van der Waals surface area (Å²) in [5, 5.41) is 9.96. The third-order valence-electron chi connectivity index (χ3n) is 1.58. The topological polar surface area (TPSA) is 73.2 Å². The summed E-state index contributed by atoms with van der Waals surface area (Å²) >= 11 is 0. The summed E-state index contributed by atoms with van der Waals surface area (Å²) in [6.07, 6.45) is 0. The molecular formula is C9H11N3O2S. The van der Waals surface area contributed by atoms with E-state index in [1.807, 2.05) is 6.07 Å². The highest BCUT2D eigenvalue weighted by Crippen LogP contribution is 2.10. The van der Waals surface area contributed by atoms with Crippen LogP contribution in [0.5, 0.6) is 0 Å². The number of sulfonamides is 1. The lowest BCUT2D eigenvalue weighted by molar-refractivity contribution is 0.364. The van der Waals surface area contributed by atoms with Crippen molar-refractivity contribution >= 4 is 10.0 Å². The van der Waals surface area contributed by atoms with Crippen LogP contribution in [0.4, 0.5) is 0 Å². The van der Waals surface area contributed by atoms with Gasteiger partial charge in [-0.15, -0.1) is 4.83 Å². The Bertz CT molecular complexity index is 488. The monoisotopic (exact) mass is 225 g/mol. The van der Waals surface area contributed by atoms with Gasteiger partial charge in [0.1, 0.15) is 0 Å². The molecule has 0 unspecified atom stereocenters. The Hall–Kier alpha value is -1.42. The average molecular weight is 225 g/mol. The minimum Gasteiger partial charge on any atom is -0.237 e. The van der Waals surface area contributed by atoms with Gasteiger partial charge in [0.2, 0.25) is 0 Å². The predicted molar refractivity (Wildman–Crippen MR) is 55.2 cm³/mol. The Morgan fingerprint density at radius 3 is 2.60 bits per heavy atom. The number of hydrogen-bond donors (Lipinski definition) is 1. The molecule has 0 saturated carbocycles. The fraction of sp³-hybridized carbons (Fsp3) is 0.222. The summed E-state index contributed by atoms with van der Waals surface area (Å²) in [5.41, 5.74) is 0.316. The summed E-state index contributed by atoms with van der Waals surface area (Å²) in [6.45, 7) is 0. The third-order valence-corrected chi connectivity index (χ3v) is 3.06. The second kappa shape index (κ2) is 4.40. The third kappa shape index (κ3) is 3.02. The van der Waals surface area contributed by atoms with Crippen LogP contribution in [0.25, 0.3) is 0 Å². The molecule has 0 amide bonds. The molecule has 0 bridgehead atoms. The number of nitrogens with zero attached hydrogens (tertiary/aromatic N) is 2. The van der Waals surface area contributed by atoms with Crippen LogP contribution in [0.15, 0.2) is 29.2 Å². The Labute approximate surface area is 89.0 Å². The van der Waals surface area contributed by atoms with Crippen LogP contribution < -0.4 is 4.83 Å². The zero-order chi connectivity index (χ0) is 11.5. The fourth-order valence-corrected chi connectivity index (χ4v) is 2.15. The molecular weight excluding hydrogens is 214 g/mol. The highest BCUT2D eigenvalue weighted by Gasteiger charge is 2.14. The van der Waals surface area contributed by atoms with Gasteiger partial charge in [0.15, 0.2) is 0 Å². The molecule has 0 radical (unpaired) electrons. The SMILES string of the molecule is CN(C)NS(=O)(=O)c1cccc(C#N)c1. The second-order valence-corrected chi connectivity index (χ2v) is 4.79. The molecule has 5 nitrogen and oxygen atoms in total. The van der Waals surface area contributed by atoms with E-state index in [1.54, 1.807) is 20.2 Å². The van der Waals surface area contributed by atoms with Crippen LogP contribution in [0.3, 0.4) is 0 Å². The van der Waals surface area contributed by atoms with Crippen molar-refractivity contribution in [1.29, 1.82) is 5.26 Å². The molecule has 0 heterocycles. The minimum absolute atomic E-state index is 0.0789. The van der Waals surface area contributed by atoms with Crippen LogP contribution in [-0.4, -0.2) is 27.5 Å². The van der Waals surface area contributed by atoms with Gasteiger partial charge in [-0.25, -0.2) is 13.4 Å². The van der Waals surface area contributed by atoms with E-state index in [-0.39, 0.29) is 4.90 Å². The molecule has 6 heteroatoms. The Morgan fingerprint density at radius 1 is 1.40 bits per heavy atom. The largest absolute Gasteiger partial charge is 0.253 e. The van der Waals surface area contributed by atoms with Crippen molar-refractivity contribution in [1.82, 2.24) is 9.84 Å². The number of hydrogen-bond acceptors (Lipinski definition) is 4. The first-order valence-electron chi connectivity index (χ1n) is 4.15. The molecule has 0 aromatic heterocycles. The van der Waals surface area contributed by atoms with E-state index in [4.69, 9.17) is 5.26 Å². The molecule has 1 N–H and O–H groups in total. The van der Waals surface area contributed by atoms with E-state index in [1.165, 1.54) is 23.2 Å². The van der Waals surface area contributed by atoms with Gasteiger partial charge >= 0.3 is 0 Å². The van der Waals surface area contributed by atoms with Gasteiger partial charge in [0.25, 0.3) is 10.0 Å². The lowest BCUT2D eigenvalue weighted by atomic mass is 10.2. The quantitative estimate of drug-likeness (QED) is 0.751. The van der Waals surface area contributed by atoms with Gasteiger partial charge in [-0.2, -0.15) is 5.26 Å². The van der Waals surface area contributed by atoms with Crippen LogP contribution in [0.1, 0.15) is 5.56 Å². The number of nitrogens with one attached hydrogen (secondary N) is 1. The number of nitriles is 1. The average Bonchev–Trinajstić information content (AvgIpc) is 2.16. The maximum Gasteiger partial charge on any atom is 0.253 e. The molecule has 0 spiro atoms. The van der Waals surface area contributed by atoms with E-state index in [9.17, 15) is 8.42 Å². The van der Waals surface area contributed by atoms with Crippen molar-refractivity contribution in [3.8, 4) is 6.07 Å². The van der Waals surface area contributed by atoms with E-state index in [0.29, 0.717) is 5.56 Å². The Balaban J connectivity index is 3.11. The van der Waals surface area contributed by atoms with Crippen molar-refractivity contribution in [3.05, 3.63) is 29.8 Å². The van der Waals surface area contributed by atoms with Crippen molar-refractivity contribution in [2.45, 2.75) is 4.90 Å². The standard InChI is InChI=1S/C9H11N3O2S/c1-12(2)11-15(13,14)9-5-3-4-8(6-9)7-10/h3-6,11H,1-2H3. The molecule has 1 aromatic rings. The van der Waals surface area contributed by atoms with Crippen LogP contribution in [0, 0.1) is 11.3 Å². The van der Waals surface area contributed by atoms with E-state index in [0.717, 1.165) is 0 Å². The van der Waals surface area contributed by atoms with Gasteiger partial charge in [-0.3, -0.25) is 0 Å². The van der Waals surface area contributed by atoms with Gasteiger partial charge in [0, 0.05) is 14.1 Å². The molecule has 0 fully saturated rings. The van der Waals surface area contributed by atoms with Crippen LogP contribution in [0.2, 0.25) is 0 Å². The fourth-order valence-electron chi connectivity index (χ4n) is 1.03. The first-order chi connectivity index (χ1) is 6.95. The molecule has 0 aliphatic rings. The summed E-state index contributed by atoms with van der Waals surface area (Å²) in [6, 6.07) is 7.73. The number of rotatable bonds is 3. The van der Waals surface area contributed by atoms with Crippen LogP contribution in [-0.2, 0) is 10.0 Å². The maximum absolute atomic E-state index is 11.6. The van der Waals surface area contributed by atoms with Gasteiger partial charge in [0.05, 0.1) is 16.5 Å². The molecule has 0 aliphatic carbocycles. The molecule has 0 atom stereocenters. The predicted octanol–water partition coefficient (Wildman–Crippen LogP) is 0.313. The molecule has 0 aliphatic heterocycles. The highest BCUT2D eigenvalue weighted by molar-refractivity contribution is 7.89. The highest BCUT2D eigenvalue weighted by atomic mass is 32.2. The van der Waals surface area contributed by atoms with Crippen molar-refractivity contribution < 1.29 is 8.42 Å². The smallest absolute Gasteiger partial charge is 0.237 e. The van der Waals surface area contributed by atoms with E-state index < -0.39 is 10.0 Å². The molecule has 1 aromatic carbocycles. The summed E-state index contributed by atoms with van der Waals surface area (Å²) in [4.78, 5) is 2.36. The lowest BCUT2D eigenvalue weighted by Crippen LogP contribution is -2.36. The van der Waals surface area contributed by atoms with Crippen molar-refractivity contribution in [2.75, 3.05) is 14.1 Å². The molecule has 0 saturated heterocycles. The van der Waals surface area contributed by atoms with Crippen molar-refractivity contribution in [3.63, 3.8) is 0 Å². The number of hydrazine groups is 1. The van der Waals surface area contributed by atoms with Gasteiger partial charge in [-0.1, -0.05) is 6.07 Å². The van der Waals surface area contributed by atoms with Crippen molar-refractivity contribution in [2.24, 2.45) is 0 Å². The van der Waals surface area contributed by atoms with Gasteiger partial charge in [-0.05, 0) is 18.2 Å². The van der Waals surface area contributed by atoms with Gasteiger partial charge < -0.3 is 0 Å². The lowest BCUT2D eigenvalue weighted by Gasteiger charge is -2.12. The summed E-state index contributed by atoms with van der Waals surface area (Å²) in [7, 11) is -0.417. The van der Waals surface area contributed by atoms with Crippen LogP contribution >= 0.6 is 0 Å². The minimum atomic E-state index is -3.57. The maximum atomic E-state index is 11.6.